The first-order valence-electron chi connectivity index (χ1n) is 7.29. The number of carbonyl (C=O) groups excluding carboxylic acids is 2. The standard InChI is InChI=1S/C17H16Br2N2O4/c1-11-2-5-13(6-3-11)24-9-16(22)20-21-17(23)10-25-15-7-4-12(18)8-14(15)19/h2-8H,9-10H2,1H3,(H,20,22)(H,21,23). The molecule has 0 radical (unpaired) electrons. The molecule has 0 bridgehead atoms. The van der Waals surface area contributed by atoms with Gasteiger partial charge in [-0.25, -0.2) is 0 Å². The van der Waals surface area contributed by atoms with Gasteiger partial charge < -0.3 is 9.47 Å². The van der Waals surface area contributed by atoms with E-state index in [0.29, 0.717) is 16.0 Å². The number of nitrogens with one attached hydrogen (secondary N) is 2. The Kier molecular flexibility index (Phi) is 7.27. The van der Waals surface area contributed by atoms with Gasteiger partial charge in [-0.2, -0.15) is 0 Å². The highest BCUT2D eigenvalue weighted by Gasteiger charge is 2.08. The lowest BCUT2D eigenvalue weighted by molar-refractivity contribution is -0.131. The topological polar surface area (TPSA) is 76.7 Å². The van der Waals surface area contributed by atoms with Crippen LogP contribution in [0.2, 0.25) is 0 Å². The van der Waals surface area contributed by atoms with Gasteiger partial charge in [0.15, 0.2) is 13.2 Å². The Bertz CT molecular complexity index is 751. The van der Waals surface area contributed by atoms with Crippen LogP contribution in [0.15, 0.2) is 51.4 Å². The number of carbonyl (C=O) groups is 2. The van der Waals surface area contributed by atoms with E-state index in [1.54, 1.807) is 30.3 Å². The third-order valence-corrected chi connectivity index (χ3v) is 4.10. The summed E-state index contributed by atoms with van der Waals surface area (Å²) < 4.78 is 12.3. The van der Waals surface area contributed by atoms with E-state index in [2.05, 4.69) is 42.7 Å². The quantitative estimate of drug-likeness (QED) is 0.634. The second-order valence-corrected chi connectivity index (χ2v) is 6.83. The monoisotopic (exact) mass is 470 g/mol. The van der Waals surface area contributed by atoms with Crippen LogP contribution in [0.5, 0.6) is 11.5 Å². The van der Waals surface area contributed by atoms with Gasteiger partial charge in [0, 0.05) is 4.47 Å². The second kappa shape index (κ2) is 9.43. The zero-order valence-electron chi connectivity index (χ0n) is 13.3. The van der Waals surface area contributed by atoms with Crippen molar-refractivity contribution in [1.82, 2.24) is 10.9 Å². The molecule has 8 heteroatoms. The van der Waals surface area contributed by atoms with E-state index in [1.165, 1.54) is 0 Å². The van der Waals surface area contributed by atoms with Crippen molar-refractivity contribution >= 4 is 43.7 Å². The first-order valence-corrected chi connectivity index (χ1v) is 8.87. The molecule has 6 nitrogen and oxygen atoms in total. The lowest BCUT2D eigenvalue weighted by atomic mass is 10.2. The number of benzene rings is 2. The number of halogens is 2. The molecule has 25 heavy (non-hydrogen) atoms. The Morgan fingerprint density at radius 1 is 0.920 bits per heavy atom. The summed E-state index contributed by atoms with van der Waals surface area (Å²) in [5.41, 5.74) is 5.62. The highest BCUT2D eigenvalue weighted by Crippen LogP contribution is 2.28. The molecule has 2 amide bonds. The molecule has 0 aliphatic rings. The lowest BCUT2D eigenvalue weighted by Crippen LogP contribution is -2.45. The maximum absolute atomic E-state index is 11.7. The molecule has 0 saturated carbocycles. The van der Waals surface area contributed by atoms with E-state index in [4.69, 9.17) is 9.47 Å². The molecule has 0 atom stereocenters. The maximum atomic E-state index is 11.7. The molecule has 2 rings (SSSR count). The molecule has 0 aliphatic carbocycles. The van der Waals surface area contributed by atoms with Crippen LogP contribution in [0.4, 0.5) is 0 Å². The molecule has 0 unspecified atom stereocenters. The molecular weight excluding hydrogens is 456 g/mol. The second-order valence-electron chi connectivity index (χ2n) is 5.06. The summed E-state index contributed by atoms with van der Waals surface area (Å²) in [6.45, 7) is 1.52. The van der Waals surface area contributed by atoms with Gasteiger partial charge in [-0.1, -0.05) is 33.6 Å². The minimum Gasteiger partial charge on any atom is -0.484 e. The van der Waals surface area contributed by atoms with Crippen molar-refractivity contribution < 1.29 is 19.1 Å². The molecule has 0 fully saturated rings. The summed E-state index contributed by atoms with van der Waals surface area (Å²) in [5, 5.41) is 0. The Balaban J connectivity index is 1.68. The lowest BCUT2D eigenvalue weighted by Gasteiger charge is -2.10. The summed E-state index contributed by atoms with van der Waals surface area (Å²) >= 11 is 6.66. The van der Waals surface area contributed by atoms with Crippen LogP contribution in [0.1, 0.15) is 5.56 Å². The van der Waals surface area contributed by atoms with Crippen molar-refractivity contribution in [2.45, 2.75) is 6.92 Å². The van der Waals surface area contributed by atoms with Gasteiger partial charge in [-0.15, -0.1) is 0 Å². The fraction of sp³-hybridized carbons (Fsp3) is 0.176. The summed E-state index contributed by atoms with van der Waals surface area (Å²) in [5.74, 6) is 0.139. The third-order valence-electron chi connectivity index (χ3n) is 2.98. The predicted molar refractivity (Wildman–Crippen MR) is 100 cm³/mol. The number of hydrogen-bond donors (Lipinski definition) is 2. The fourth-order valence-electron chi connectivity index (χ4n) is 1.73. The third kappa shape index (κ3) is 6.75. The molecule has 0 saturated heterocycles. The minimum atomic E-state index is -0.487. The molecule has 0 heterocycles. The fourth-order valence-corrected chi connectivity index (χ4v) is 2.89. The van der Waals surface area contributed by atoms with Crippen molar-refractivity contribution in [1.29, 1.82) is 0 Å². The van der Waals surface area contributed by atoms with Gasteiger partial charge in [0.2, 0.25) is 0 Å². The smallest absolute Gasteiger partial charge is 0.276 e. The Hall–Kier alpha value is -2.06. The van der Waals surface area contributed by atoms with Crippen LogP contribution >= 0.6 is 31.9 Å². The summed E-state index contributed by atoms with van der Waals surface area (Å²) in [7, 11) is 0. The molecule has 2 aromatic carbocycles. The Morgan fingerprint density at radius 3 is 2.12 bits per heavy atom. The van der Waals surface area contributed by atoms with Crippen molar-refractivity contribution in [2.24, 2.45) is 0 Å². The molecule has 2 aromatic rings. The largest absolute Gasteiger partial charge is 0.484 e. The van der Waals surface area contributed by atoms with Crippen LogP contribution in [0.3, 0.4) is 0 Å². The van der Waals surface area contributed by atoms with Gasteiger partial charge in [0.25, 0.3) is 11.8 Å². The van der Waals surface area contributed by atoms with Crippen LogP contribution in [0, 0.1) is 6.92 Å². The summed E-state index contributed by atoms with van der Waals surface area (Å²) in [6, 6.07) is 12.6. The first-order chi connectivity index (χ1) is 11.9. The van der Waals surface area contributed by atoms with Crippen LogP contribution in [-0.4, -0.2) is 25.0 Å². The van der Waals surface area contributed by atoms with Crippen LogP contribution < -0.4 is 20.3 Å². The van der Waals surface area contributed by atoms with Gasteiger partial charge in [-0.05, 0) is 53.2 Å². The van der Waals surface area contributed by atoms with E-state index >= 15 is 0 Å². The number of hydrazine groups is 1. The van der Waals surface area contributed by atoms with Gasteiger partial charge in [0.1, 0.15) is 11.5 Å². The van der Waals surface area contributed by atoms with Crippen molar-refractivity contribution in [3.8, 4) is 11.5 Å². The SMILES string of the molecule is Cc1ccc(OCC(=O)NNC(=O)COc2ccc(Br)cc2Br)cc1. The van der Waals surface area contributed by atoms with E-state index in [0.717, 1.165) is 10.0 Å². The average molecular weight is 472 g/mol. The number of hydrogen-bond acceptors (Lipinski definition) is 4. The van der Waals surface area contributed by atoms with Gasteiger partial charge >= 0.3 is 0 Å². The zero-order valence-corrected chi connectivity index (χ0v) is 16.5. The Labute approximate surface area is 162 Å². The molecule has 2 N–H and O–H groups in total. The van der Waals surface area contributed by atoms with Crippen molar-refractivity contribution in [3.63, 3.8) is 0 Å². The molecule has 0 aliphatic heterocycles. The van der Waals surface area contributed by atoms with E-state index < -0.39 is 11.8 Å². The zero-order chi connectivity index (χ0) is 18.2. The molecule has 0 aromatic heterocycles. The average Bonchev–Trinajstić information content (AvgIpc) is 2.58. The number of rotatable bonds is 6. The maximum Gasteiger partial charge on any atom is 0.276 e. The van der Waals surface area contributed by atoms with Crippen LogP contribution in [0.25, 0.3) is 0 Å². The number of amides is 2. The van der Waals surface area contributed by atoms with Crippen molar-refractivity contribution in [2.75, 3.05) is 13.2 Å². The summed E-state index contributed by atoms with van der Waals surface area (Å²) in [4.78, 5) is 23.3. The first kappa shape index (κ1) is 19.3. The highest BCUT2D eigenvalue weighted by atomic mass is 79.9. The summed E-state index contributed by atoms with van der Waals surface area (Å²) in [6.07, 6.45) is 0. The number of aryl methyl sites for hydroxylation is 1. The van der Waals surface area contributed by atoms with Gasteiger partial charge in [0.05, 0.1) is 4.47 Å². The predicted octanol–water partition coefficient (Wildman–Crippen LogP) is 3.13. The van der Waals surface area contributed by atoms with E-state index in [-0.39, 0.29) is 13.2 Å². The molecule has 0 spiro atoms. The Morgan fingerprint density at radius 2 is 1.52 bits per heavy atom. The molecular formula is C17H16Br2N2O4. The molecule has 132 valence electrons. The van der Waals surface area contributed by atoms with Crippen molar-refractivity contribution in [3.05, 3.63) is 57.0 Å². The highest BCUT2D eigenvalue weighted by molar-refractivity contribution is 9.11. The van der Waals surface area contributed by atoms with E-state index in [1.807, 2.05) is 19.1 Å². The minimum absolute atomic E-state index is 0.206. The van der Waals surface area contributed by atoms with Crippen LogP contribution in [-0.2, 0) is 9.59 Å². The number of ether oxygens (including phenoxy) is 2. The normalized spacial score (nSPS) is 10.0. The van der Waals surface area contributed by atoms with Gasteiger partial charge in [-0.3, -0.25) is 20.4 Å². The van der Waals surface area contributed by atoms with E-state index in [9.17, 15) is 9.59 Å².